The predicted octanol–water partition coefficient (Wildman–Crippen LogP) is 1.19. The van der Waals surface area contributed by atoms with Gasteiger partial charge in [0.15, 0.2) is 5.97 Å². The van der Waals surface area contributed by atoms with E-state index in [1.807, 2.05) is 0 Å². The van der Waals surface area contributed by atoms with Gasteiger partial charge in [-0.25, -0.2) is 0 Å². The molecular weight excluding hydrogens is 383 g/mol. The first kappa shape index (κ1) is 31.6. The van der Waals surface area contributed by atoms with Crippen LogP contribution >= 0.6 is 0 Å². The molecule has 0 atom stereocenters. The topological polar surface area (TPSA) is 124 Å². The van der Waals surface area contributed by atoms with Crippen LogP contribution in [-0.2, 0) is 19.9 Å². The number of carbonyl (C=O) groups excluding carboxylic acids is 1. The summed E-state index contributed by atoms with van der Waals surface area (Å²) in [4.78, 5) is 10.5. The summed E-state index contributed by atoms with van der Waals surface area (Å²) in [6.07, 6.45) is 17.9. The van der Waals surface area contributed by atoms with Crippen LogP contribution in [0.15, 0.2) is 12.0 Å². The third-order valence-electron chi connectivity index (χ3n) is 3.61. The van der Waals surface area contributed by atoms with Crippen LogP contribution < -0.4 is 34.7 Å². The minimum Gasteiger partial charge on any atom is -0.553 e. The van der Waals surface area contributed by atoms with Crippen molar-refractivity contribution < 1.29 is 61.7 Å². The first-order valence-corrected chi connectivity index (χ1v) is 10.8. The van der Waals surface area contributed by atoms with Crippen LogP contribution in [0.1, 0.15) is 97.3 Å². The molecule has 7 nitrogen and oxygen atoms in total. The molecule has 27 heavy (non-hydrogen) atoms. The second kappa shape index (κ2) is 22.2. The number of hydrogen-bond donors (Lipinski definition) is 2. The standard InChI is InChI=1S/C18H34O3.Na.H2O4S/c1-3-4-5-6-7-8-9-10-11-12-13-14-15-16-18(20)21-17(2)19;;1-5(2,3)4/h16,20H,3-15H2,1-2H3;;(H2,1,2,3,4)/q;+1;/p-1/b18-16+;;. The maximum Gasteiger partial charge on any atom is 1.00 e. The van der Waals surface area contributed by atoms with Crippen molar-refractivity contribution in [3.63, 3.8) is 0 Å². The van der Waals surface area contributed by atoms with E-state index in [0.717, 1.165) is 12.8 Å². The molecule has 2 N–H and O–H groups in total. The fraction of sp³-hybridized carbons (Fsp3) is 0.833. The molecule has 0 bridgehead atoms. The van der Waals surface area contributed by atoms with Crippen molar-refractivity contribution in [3.8, 4) is 0 Å². The van der Waals surface area contributed by atoms with Gasteiger partial charge in [-0.1, -0.05) is 83.6 Å². The number of allylic oxidation sites excluding steroid dienone is 1. The summed E-state index contributed by atoms with van der Waals surface area (Å²) in [5.41, 5.74) is 0. The summed E-state index contributed by atoms with van der Waals surface area (Å²) < 4.78 is 36.0. The fourth-order valence-electron chi connectivity index (χ4n) is 2.39. The molecule has 0 unspecified atom stereocenters. The molecule has 0 saturated heterocycles. The van der Waals surface area contributed by atoms with Gasteiger partial charge in [0, 0.05) is 6.92 Å². The van der Waals surface area contributed by atoms with Crippen LogP contribution in [0.3, 0.4) is 0 Å². The summed E-state index contributed by atoms with van der Waals surface area (Å²) in [6, 6.07) is 0. The Hall–Kier alpha value is -0.120. The molecule has 0 heterocycles. The molecule has 0 aromatic heterocycles. The minimum atomic E-state index is -4.67. The average Bonchev–Trinajstić information content (AvgIpc) is 2.49. The number of rotatable bonds is 14. The van der Waals surface area contributed by atoms with E-state index in [9.17, 15) is 9.90 Å². The first-order chi connectivity index (χ1) is 12.2. The summed E-state index contributed by atoms with van der Waals surface area (Å²) in [6.45, 7) is 3.50. The van der Waals surface area contributed by atoms with E-state index < -0.39 is 22.3 Å². The zero-order valence-electron chi connectivity index (χ0n) is 17.1. The van der Waals surface area contributed by atoms with Crippen molar-refractivity contribution in [3.05, 3.63) is 12.0 Å². The molecular formula is C18H35NaO7S. The molecule has 0 aliphatic heterocycles. The molecule has 9 heteroatoms. The molecule has 0 radical (unpaired) electrons. The Morgan fingerprint density at radius 1 is 0.889 bits per heavy atom. The van der Waals surface area contributed by atoms with Gasteiger partial charge in [-0.2, -0.15) is 8.42 Å². The molecule has 0 amide bonds. The van der Waals surface area contributed by atoms with Crippen molar-refractivity contribution in [2.45, 2.75) is 97.3 Å². The summed E-state index contributed by atoms with van der Waals surface area (Å²) in [5, 5.41) is 11.1. The van der Waals surface area contributed by atoms with Crippen molar-refractivity contribution in [2.24, 2.45) is 0 Å². The van der Waals surface area contributed by atoms with Gasteiger partial charge in [-0.15, -0.1) is 0 Å². The maximum atomic E-state index is 11.1. The van der Waals surface area contributed by atoms with Gasteiger partial charge in [0.05, 0.1) is 5.95 Å². The number of unbranched alkanes of at least 4 members (excludes halogenated alkanes) is 12. The first-order valence-electron chi connectivity index (χ1n) is 9.42. The molecule has 0 saturated carbocycles. The quantitative estimate of drug-likeness (QED) is 0.143. The smallest absolute Gasteiger partial charge is 0.553 e. The fourth-order valence-corrected chi connectivity index (χ4v) is 2.39. The molecule has 0 aliphatic rings. The van der Waals surface area contributed by atoms with Crippen molar-refractivity contribution in [2.75, 3.05) is 0 Å². The van der Waals surface area contributed by atoms with Crippen molar-refractivity contribution in [1.29, 1.82) is 0 Å². The van der Waals surface area contributed by atoms with Gasteiger partial charge >= 0.3 is 40.0 Å². The van der Waals surface area contributed by atoms with Gasteiger partial charge in [-0.3, -0.25) is 13.9 Å². The van der Waals surface area contributed by atoms with E-state index in [2.05, 4.69) is 11.7 Å². The Bertz CT molecular complexity index is 456. The zero-order valence-corrected chi connectivity index (χ0v) is 19.9. The number of hydrogen-bond acceptors (Lipinski definition) is 5. The summed E-state index contributed by atoms with van der Waals surface area (Å²) in [5.74, 6) is -1.04. The van der Waals surface area contributed by atoms with Gasteiger partial charge in [0.1, 0.15) is 0 Å². The maximum absolute atomic E-state index is 11.1. The molecule has 0 aromatic carbocycles. The van der Waals surface area contributed by atoms with Crippen LogP contribution in [0.2, 0.25) is 0 Å². The molecule has 0 rings (SSSR count). The van der Waals surface area contributed by atoms with E-state index in [4.69, 9.17) is 17.5 Å². The second-order valence-electron chi connectivity index (χ2n) is 6.24. The third kappa shape index (κ3) is 41.4. The van der Waals surface area contributed by atoms with Crippen molar-refractivity contribution >= 4 is 16.4 Å². The number of ether oxygens (including phenoxy) is 1. The number of esters is 1. The predicted molar refractivity (Wildman–Crippen MR) is 99.7 cm³/mol. The van der Waals surface area contributed by atoms with Crippen molar-refractivity contribution in [1.82, 2.24) is 0 Å². The van der Waals surface area contributed by atoms with E-state index in [-0.39, 0.29) is 29.6 Å². The van der Waals surface area contributed by atoms with Gasteiger partial charge in [0.25, 0.3) is 0 Å². The van der Waals surface area contributed by atoms with Crippen LogP contribution in [0.5, 0.6) is 0 Å². The van der Waals surface area contributed by atoms with E-state index >= 15 is 0 Å². The Morgan fingerprint density at radius 3 is 1.56 bits per heavy atom. The molecule has 156 valence electrons. The number of carbonyl (C=O) groups is 1. The van der Waals surface area contributed by atoms with Gasteiger partial charge in [0.2, 0.25) is 0 Å². The van der Waals surface area contributed by atoms with E-state index in [1.54, 1.807) is 0 Å². The monoisotopic (exact) mass is 418 g/mol. The minimum absolute atomic E-state index is 0. The van der Waals surface area contributed by atoms with Crippen LogP contribution in [-0.4, -0.2) is 23.5 Å². The molecule has 0 aliphatic carbocycles. The van der Waals surface area contributed by atoms with Crippen LogP contribution in [0.4, 0.5) is 0 Å². The summed E-state index contributed by atoms with van der Waals surface area (Å²) in [7, 11) is -4.67. The zero-order chi connectivity index (χ0) is 20.3. The largest absolute Gasteiger partial charge is 1.00 e. The Labute approximate surface area is 186 Å². The Balaban J connectivity index is -0.000000844. The SMILES string of the molecule is CCCCCCCCCCCCCC/C=C(\[O-])OC(C)=O.O=S(=O)(O)O.[Na+]. The molecule has 0 spiro atoms. The second-order valence-corrected chi connectivity index (χ2v) is 7.14. The van der Waals surface area contributed by atoms with E-state index in [0.29, 0.717) is 6.42 Å². The third-order valence-corrected chi connectivity index (χ3v) is 3.61. The molecule has 0 aromatic rings. The Morgan fingerprint density at radius 2 is 1.22 bits per heavy atom. The normalized spacial score (nSPS) is 11.2. The average molecular weight is 419 g/mol. The van der Waals surface area contributed by atoms with Crippen LogP contribution in [0.25, 0.3) is 0 Å². The molecule has 0 fully saturated rings. The van der Waals surface area contributed by atoms with Gasteiger partial charge in [-0.05, 0) is 12.8 Å². The Kier molecular flexibility index (Phi) is 25.9. The van der Waals surface area contributed by atoms with Crippen LogP contribution in [0, 0.1) is 0 Å². The summed E-state index contributed by atoms with van der Waals surface area (Å²) >= 11 is 0. The van der Waals surface area contributed by atoms with E-state index in [1.165, 1.54) is 77.2 Å². The van der Waals surface area contributed by atoms with Gasteiger partial charge < -0.3 is 9.84 Å².